The highest BCUT2D eigenvalue weighted by molar-refractivity contribution is 6.35. The van der Waals surface area contributed by atoms with Gasteiger partial charge in [0, 0.05) is 47.6 Å². The summed E-state index contributed by atoms with van der Waals surface area (Å²) in [7, 11) is 2.99. The number of carbonyl (C=O) groups is 1. The van der Waals surface area contributed by atoms with Crippen LogP contribution in [0.25, 0.3) is 22.2 Å². The molecule has 0 spiro atoms. The van der Waals surface area contributed by atoms with E-state index < -0.39 is 11.7 Å². The minimum atomic E-state index is -1.15. The minimum Gasteiger partial charge on any atom is -0.497 e. The Morgan fingerprint density at radius 1 is 1.10 bits per heavy atom. The maximum Gasteiger partial charge on any atom is 0.409 e. The normalized spacial score (nSPS) is 11.3. The van der Waals surface area contributed by atoms with Gasteiger partial charge in [-0.2, -0.15) is 4.98 Å². The van der Waals surface area contributed by atoms with E-state index in [1.54, 1.807) is 67.1 Å². The van der Waals surface area contributed by atoms with Crippen molar-refractivity contribution in [3.63, 3.8) is 0 Å². The van der Waals surface area contributed by atoms with E-state index >= 15 is 0 Å². The largest absolute Gasteiger partial charge is 0.497 e. The van der Waals surface area contributed by atoms with Crippen LogP contribution in [0, 0.1) is 0 Å². The molecule has 0 fully saturated rings. The quantitative estimate of drug-likeness (QED) is 0.215. The van der Waals surface area contributed by atoms with Crippen molar-refractivity contribution in [1.29, 1.82) is 0 Å². The van der Waals surface area contributed by atoms with Gasteiger partial charge in [0.1, 0.15) is 17.1 Å². The van der Waals surface area contributed by atoms with Crippen LogP contribution in [0.4, 0.5) is 16.4 Å². The number of ether oxygens (including phenoxy) is 2. The van der Waals surface area contributed by atoms with Crippen molar-refractivity contribution in [2.45, 2.75) is 32.4 Å². The molecule has 0 atom stereocenters. The SMILES string of the molecule is COc1cc(OC)c(Cl)c(-c2cc3cnc(NCC(C)(C)O)nc3n(CCc3ccc(NC(=O)O)cc3)c2=O)c1. The van der Waals surface area contributed by atoms with Gasteiger partial charge in [-0.3, -0.25) is 14.7 Å². The summed E-state index contributed by atoms with van der Waals surface area (Å²) in [4.78, 5) is 33.9. The first-order chi connectivity index (χ1) is 19.0. The first-order valence-electron chi connectivity index (χ1n) is 12.4. The topological polar surface area (TPSA) is 148 Å². The number of aliphatic hydroxyl groups is 1. The van der Waals surface area contributed by atoms with Crippen molar-refractivity contribution in [2.24, 2.45) is 0 Å². The van der Waals surface area contributed by atoms with Crippen LogP contribution in [-0.4, -0.2) is 57.2 Å². The predicted molar refractivity (Wildman–Crippen MR) is 154 cm³/mol. The molecule has 0 aliphatic rings. The van der Waals surface area contributed by atoms with Crippen LogP contribution in [0.5, 0.6) is 11.5 Å². The van der Waals surface area contributed by atoms with E-state index in [2.05, 4.69) is 20.6 Å². The summed E-state index contributed by atoms with van der Waals surface area (Å²) in [5.41, 5.74) is 1.15. The third kappa shape index (κ3) is 6.61. The molecule has 210 valence electrons. The number of hydrogen-bond donors (Lipinski definition) is 4. The van der Waals surface area contributed by atoms with Crippen LogP contribution in [0.15, 0.2) is 53.5 Å². The lowest BCUT2D eigenvalue weighted by Gasteiger charge is -2.18. The second-order valence-electron chi connectivity index (χ2n) is 9.72. The van der Waals surface area contributed by atoms with Crippen LogP contribution in [0.2, 0.25) is 5.02 Å². The van der Waals surface area contributed by atoms with Crippen molar-refractivity contribution in [2.75, 3.05) is 31.4 Å². The number of methoxy groups -OCH3 is 2. The monoisotopic (exact) mass is 567 g/mol. The molecule has 40 heavy (non-hydrogen) atoms. The van der Waals surface area contributed by atoms with Crippen molar-refractivity contribution in [3.05, 3.63) is 69.6 Å². The minimum absolute atomic E-state index is 0.205. The Morgan fingerprint density at radius 3 is 2.45 bits per heavy atom. The lowest BCUT2D eigenvalue weighted by molar-refractivity contribution is 0.0943. The van der Waals surface area contributed by atoms with Crippen molar-refractivity contribution >= 4 is 40.4 Å². The maximum atomic E-state index is 14.0. The summed E-state index contributed by atoms with van der Waals surface area (Å²) >= 11 is 6.64. The molecule has 0 radical (unpaired) electrons. The predicted octanol–water partition coefficient (Wildman–Crippen LogP) is 4.64. The maximum absolute atomic E-state index is 14.0. The van der Waals surface area contributed by atoms with Crippen LogP contribution in [0.1, 0.15) is 19.4 Å². The summed E-state index contributed by atoms with van der Waals surface area (Å²) in [5, 5.41) is 25.2. The van der Waals surface area contributed by atoms with Gasteiger partial charge in [-0.05, 0) is 50.1 Å². The number of hydrogen-bond acceptors (Lipinski definition) is 8. The van der Waals surface area contributed by atoms with E-state index in [1.807, 2.05) is 0 Å². The number of rotatable bonds is 10. The fourth-order valence-electron chi connectivity index (χ4n) is 4.09. The average Bonchev–Trinajstić information content (AvgIpc) is 2.91. The number of nitrogens with zero attached hydrogens (tertiary/aromatic N) is 3. The van der Waals surface area contributed by atoms with Gasteiger partial charge in [-0.25, -0.2) is 9.78 Å². The van der Waals surface area contributed by atoms with Crippen molar-refractivity contribution < 1.29 is 24.5 Å². The van der Waals surface area contributed by atoms with Gasteiger partial charge in [0.2, 0.25) is 5.95 Å². The Bertz CT molecular complexity index is 1600. The summed E-state index contributed by atoms with van der Waals surface area (Å²) in [6.07, 6.45) is 0.910. The highest BCUT2D eigenvalue weighted by Crippen LogP contribution is 2.38. The van der Waals surface area contributed by atoms with Crippen LogP contribution < -0.4 is 25.7 Å². The van der Waals surface area contributed by atoms with E-state index in [-0.39, 0.29) is 29.6 Å². The number of benzene rings is 2. The lowest BCUT2D eigenvalue weighted by Crippen LogP contribution is -2.30. The summed E-state index contributed by atoms with van der Waals surface area (Å²) < 4.78 is 12.3. The number of carboxylic acid groups (broad SMARTS) is 1. The van der Waals surface area contributed by atoms with Gasteiger partial charge < -0.3 is 25.0 Å². The number of amides is 1. The molecule has 0 bridgehead atoms. The molecule has 2 heterocycles. The molecule has 2 aromatic carbocycles. The zero-order valence-corrected chi connectivity index (χ0v) is 23.2. The van der Waals surface area contributed by atoms with E-state index in [9.17, 15) is 14.7 Å². The highest BCUT2D eigenvalue weighted by atomic mass is 35.5. The second kappa shape index (κ2) is 11.8. The Hall–Kier alpha value is -4.35. The molecule has 0 aliphatic carbocycles. The molecule has 4 aromatic rings. The van der Waals surface area contributed by atoms with Crippen molar-refractivity contribution in [1.82, 2.24) is 14.5 Å². The number of fused-ring (bicyclic) bond motifs is 1. The zero-order chi connectivity index (χ0) is 29.0. The number of halogens is 1. The number of pyridine rings is 1. The summed E-state index contributed by atoms with van der Waals surface area (Å²) in [6.45, 7) is 3.78. The van der Waals surface area contributed by atoms with Crippen molar-refractivity contribution in [3.8, 4) is 22.6 Å². The standard InChI is InChI=1S/C28H30ClN5O6/c1-28(2,38)15-31-26-30-14-17-11-21(20-12-19(39-3)13-22(40-4)23(20)29)25(35)34(24(17)33-26)10-9-16-5-7-18(8-6-16)32-27(36)37/h5-8,11-14,32,38H,9-10,15H2,1-4H3,(H,36,37)(H,30,31,33). The van der Waals surface area contributed by atoms with Gasteiger partial charge in [-0.1, -0.05) is 23.7 Å². The average molecular weight is 568 g/mol. The van der Waals surface area contributed by atoms with Crippen LogP contribution >= 0.6 is 11.6 Å². The number of nitrogens with one attached hydrogen (secondary N) is 2. The molecule has 12 heteroatoms. The Kier molecular flexibility index (Phi) is 8.46. The molecule has 4 N–H and O–H groups in total. The Morgan fingerprint density at radius 2 is 1.82 bits per heavy atom. The third-order valence-electron chi connectivity index (χ3n) is 6.09. The van der Waals surface area contributed by atoms with E-state index in [0.29, 0.717) is 45.8 Å². The molecular formula is C28H30ClN5O6. The number of aryl methyl sites for hydroxylation is 2. The molecule has 0 saturated heterocycles. The van der Waals surface area contributed by atoms with E-state index in [1.165, 1.54) is 14.2 Å². The van der Waals surface area contributed by atoms with E-state index in [4.69, 9.17) is 26.2 Å². The Balaban J connectivity index is 1.82. The first kappa shape index (κ1) is 28.7. The summed E-state index contributed by atoms with van der Waals surface area (Å²) in [5.74, 6) is 1.10. The molecule has 11 nitrogen and oxygen atoms in total. The van der Waals surface area contributed by atoms with E-state index in [0.717, 1.165) is 5.56 Å². The highest BCUT2D eigenvalue weighted by Gasteiger charge is 2.20. The van der Waals surface area contributed by atoms with Gasteiger partial charge >= 0.3 is 6.09 Å². The van der Waals surface area contributed by atoms with Crippen LogP contribution in [-0.2, 0) is 13.0 Å². The molecular weight excluding hydrogens is 538 g/mol. The van der Waals surface area contributed by atoms with Gasteiger partial charge in [-0.15, -0.1) is 0 Å². The van der Waals surface area contributed by atoms with Gasteiger partial charge in [0.05, 0.1) is 24.8 Å². The van der Waals surface area contributed by atoms with Gasteiger partial charge in [0.25, 0.3) is 5.56 Å². The van der Waals surface area contributed by atoms with Gasteiger partial charge in [0.15, 0.2) is 0 Å². The molecule has 4 rings (SSSR count). The molecule has 0 saturated carbocycles. The molecule has 0 unspecified atom stereocenters. The second-order valence-corrected chi connectivity index (χ2v) is 10.1. The number of aromatic nitrogens is 3. The third-order valence-corrected chi connectivity index (χ3v) is 6.48. The molecule has 1 amide bonds. The number of anilines is 2. The lowest BCUT2D eigenvalue weighted by atomic mass is 10.0. The Labute approximate surface area is 235 Å². The molecule has 0 aliphatic heterocycles. The fourth-order valence-corrected chi connectivity index (χ4v) is 4.38. The fraction of sp³-hybridized carbons (Fsp3) is 0.286. The first-order valence-corrected chi connectivity index (χ1v) is 12.7. The summed E-state index contributed by atoms with van der Waals surface area (Å²) in [6, 6.07) is 11.9. The molecule has 2 aromatic heterocycles. The van der Waals surface area contributed by atoms with Crippen LogP contribution in [0.3, 0.4) is 0 Å². The smallest absolute Gasteiger partial charge is 0.409 e. The zero-order valence-electron chi connectivity index (χ0n) is 22.5.